The van der Waals surface area contributed by atoms with Crippen molar-refractivity contribution in [2.45, 2.75) is 132 Å². The highest BCUT2D eigenvalue weighted by atomic mass is 127. The molecular weight excluding hydrogens is 694 g/mol. The second kappa shape index (κ2) is 11.3. The summed E-state index contributed by atoms with van der Waals surface area (Å²) in [5.74, 6) is 0.124. The van der Waals surface area contributed by atoms with Crippen LogP contribution in [0.1, 0.15) is 130 Å². The molecule has 0 N–H and O–H groups in total. The van der Waals surface area contributed by atoms with Crippen molar-refractivity contribution >= 4 is 30.9 Å². The van der Waals surface area contributed by atoms with Gasteiger partial charge in [0.1, 0.15) is 11.7 Å². The van der Waals surface area contributed by atoms with Crippen molar-refractivity contribution in [3.05, 3.63) is 63.5 Å². The van der Waals surface area contributed by atoms with Crippen LogP contribution in [0.3, 0.4) is 0 Å². The third-order valence-corrected chi connectivity index (χ3v) is 17.1. The number of hydrogen-bond donors (Lipinski definition) is 0. The second-order valence-electron chi connectivity index (χ2n) is 15.6. The molecule has 2 spiro atoms. The number of ether oxygens (including phenoxy) is 2. The molecule has 4 nitrogen and oxygen atoms in total. The van der Waals surface area contributed by atoms with Gasteiger partial charge in [-0.15, -0.1) is 0 Å². The van der Waals surface area contributed by atoms with Crippen LogP contribution in [0, 0.1) is 5.41 Å². The smallest absolute Gasteiger partial charge is 0.410 e. The Bertz CT molecular complexity index is 1400. The molecule has 2 aliphatic carbocycles. The summed E-state index contributed by atoms with van der Waals surface area (Å²) in [6.45, 7) is 17.0. The number of hydrogen-bond acceptors (Lipinski definition) is 4. The average Bonchev–Trinajstić information content (AvgIpc) is 3.51. The van der Waals surface area contributed by atoms with Gasteiger partial charge in [0, 0.05) is 41.1 Å². The maximum Gasteiger partial charge on any atom is 0.416 e. The standard InChI is InChI=1S/C35H47F3INO3Si/c1-21(2)30-28-29(27-24(40-30)18-33(14-8-9-15-33)19-25(27)43-44(6,7)32(3,4)5)34(16-17-41-20-26(34)39)42-31(28)22-10-12-23(13-11-22)35(36,37)38/h10-13,21,25-26,31H,8-9,14-20H2,1-7H3. The lowest BCUT2D eigenvalue weighted by molar-refractivity contribution is -0.137. The highest BCUT2D eigenvalue weighted by molar-refractivity contribution is 14.1. The molecule has 0 radical (unpaired) electrons. The van der Waals surface area contributed by atoms with Gasteiger partial charge in [-0.05, 0) is 72.8 Å². The number of benzene rings is 1. The summed E-state index contributed by atoms with van der Waals surface area (Å²) in [7, 11) is -2.18. The lowest BCUT2D eigenvalue weighted by Gasteiger charge is -2.47. The first kappa shape index (κ1) is 32.9. The summed E-state index contributed by atoms with van der Waals surface area (Å²) in [4.78, 5) is 5.52. The van der Waals surface area contributed by atoms with Gasteiger partial charge < -0.3 is 13.9 Å². The predicted octanol–water partition coefficient (Wildman–Crippen LogP) is 10.3. The first-order valence-corrected chi connectivity index (χ1v) is 20.5. The molecule has 2 aromatic rings. The van der Waals surface area contributed by atoms with Crippen LogP contribution in [0.15, 0.2) is 24.3 Å². The van der Waals surface area contributed by atoms with Crippen molar-refractivity contribution in [3.8, 4) is 0 Å². The Labute approximate surface area is 275 Å². The molecule has 9 heteroatoms. The Morgan fingerprint density at radius 3 is 2.25 bits per heavy atom. The SMILES string of the molecule is CC(C)c1nc2c(c3c1C(c1ccc(C(F)(F)F)cc1)OC31CCOCC1I)C(O[Si](C)(C)C(C)(C)C)CC1(CCCC1)C2. The molecule has 3 heterocycles. The normalized spacial score (nSPS) is 28.6. The zero-order chi connectivity index (χ0) is 31.9. The molecule has 242 valence electrons. The number of alkyl halides is 4. The van der Waals surface area contributed by atoms with Gasteiger partial charge in [0.05, 0.1) is 22.2 Å². The van der Waals surface area contributed by atoms with Crippen LogP contribution in [0.4, 0.5) is 13.2 Å². The highest BCUT2D eigenvalue weighted by Gasteiger charge is 2.57. The first-order valence-electron chi connectivity index (χ1n) is 16.3. The van der Waals surface area contributed by atoms with E-state index in [1.807, 2.05) is 0 Å². The molecule has 4 unspecified atom stereocenters. The molecule has 44 heavy (non-hydrogen) atoms. The van der Waals surface area contributed by atoms with Gasteiger partial charge in [0.2, 0.25) is 0 Å². The minimum Gasteiger partial charge on any atom is -0.410 e. The molecule has 1 aromatic heterocycles. The van der Waals surface area contributed by atoms with E-state index in [-0.39, 0.29) is 26.4 Å². The summed E-state index contributed by atoms with van der Waals surface area (Å²) in [5.41, 5.74) is 5.30. The van der Waals surface area contributed by atoms with Gasteiger partial charge >= 0.3 is 6.18 Å². The van der Waals surface area contributed by atoms with Gasteiger partial charge in [-0.2, -0.15) is 13.2 Å². The van der Waals surface area contributed by atoms with Crippen LogP contribution in [0.2, 0.25) is 18.1 Å². The van der Waals surface area contributed by atoms with Gasteiger partial charge in [0.15, 0.2) is 8.32 Å². The van der Waals surface area contributed by atoms with Crippen molar-refractivity contribution in [1.29, 1.82) is 0 Å². The van der Waals surface area contributed by atoms with E-state index >= 15 is 0 Å². The van der Waals surface area contributed by atoms with E-state index in [1.54, 1.807) is 12.1 Å². The quantitative estimate of drug-likeness (QED) is 0.178. The summed E-state index contributed by atoms with van der Waals surface area (Å²) < 4.78 is 61.3. The van der Waals surface area contributed by atoms with E-state index in [1.165, 1.54) is 48.9 Å². The Morgan fingerprint density at radius 1 is 1.02 bits per heavy atom. The molecule has 4 aliphatic rings. The molecule has 1 saturated heterocycles. The third kappa shape index (κ3) is 5.52. The number of aromatic nitrogens is 1. The van der Waals surface area contributed by atoms with Crippen molar-refractivity contribution in [2.75, 3.05) is 13.2 Å². The molecule has 0 bridgehead atoms. The zero-order valence-electron chi connectivity index (χ0n) is 27.2. The monoisotopic (exact) mass is 741 g/mol. The van der Waals surface area contributed by atoms with E-state index in [0.717, 1.165) is 35.4 Å². The summed E-state index contributed by atoms with van der Waals surface area (Å²) in [6, 6.07) is 5.56. The largest absolute Gasteiger partial charge is 0.416 e. The fourth-order valence-corrected chi connectivity index (χ4v) is 10.2. The number of halogens is 4. The maximum absolute atomic E-state index is 13.6. The Balaban J connectivity index is 1.61. The maximum atomic E-state index is 13.6. The number of fused-ring (bicyclic) bond motifs is 4. The number of rotatable bonds is 4. The minimum atomic E-state index is -4.39. The first-order chi connectivity index (χ1) is 20.5. The second-order valence-corrected chi connectivity index (χ2v) is 21.8. The topological polar surface area (TPSA) is 40.6 Å². The molecule has 1 saturated carbocycles. The Hall–Kier alpha value is -1.01. The zero-order valence-corrected chi connectivity index (χ0v) is 30.3. The van der Waals surface area contributed by atoms with Gasteiger partial charge in [0.25, 0.3) is 0 Å². The van der Waals surface area contributed by atoms with E-state index in [4.69, 9.17) is 18.9 Å². The van der Waals surface area contributed by atoms with E-state index in [9.17, 15) is 13.2 Å². The average molecular weight is 742 g/mol. The van der Waals surface area contributed by atoms with Crippen molar-refractivity contribution in [3.63, 3.8) is 0 Å². The summed E-state index contributed by atoms with van der Waals surface area (Å²) in [5, 5.41) is 0.0450. The fraction of sp³-hybridized carbons (Fsp3) is 0.686. The van der Waals surface area contributed by atoms with E-state index < -0.39 is 31.8 Å². The summed E-state index contributed by atoms with van der Waals surface area (Å²) in [6.07, 6.45) is 2.57. The Kier molecular flexibility index (Phi) is 8.46. The molecule has 2 fully saturated rings. The number of pyridine rings is 1. The van der Waals surface area contributed by atoms with Crippen molar-refractivity contribution < 1.29 is 27.1 Å². The van der Waals surface area contributed by atoms with Crippen LogP contribution >= 0.6 is 22.6 Å². The molecule has 6 rings (SSSR count). The summed E-state index contributed by atoms with van der Waals surface area (Å²) >= 11 is 2.49. The van der Waals surface area contributed by atoms with E-state index in [0.29, 0.717) is 19.6 Å². The minimum absolute atomic E-state index is 0.0365. The molecular formula is C35H47F3INO3Si. The lowest BCUT2D eigenvalue weighted by atomic mass is 9.67. The van der Waals surface area contributed by atoms with Gasteiger partial charge in [-0.3, -0.25) is 4.98 Å². The molecule has 4 atom stereocenters. The fourth-order valence-electron chi connectivity index (χ4n) is 7.91. The van der Waals surface area contributed by atoms with Gasteiger partial charge in [-0.25, -0.2) is 0 Å². The lowest BCUT2D eigenvalue weighted by Crippen LogP contribution is -2.47. The molecule has 0 amide bonds. The molecule has 2 aliphatic heterocycles. The van der Waals surface area contributed by atoms with Crippen molar-refractivity contribution in [2.24, 2.45) is 5.41 Å². The Morgan fingerprint density at radius 2 is 1.68 bits per heavy atom. The number of nitrogens with zero attached hydrogens (tertiary/aromatic N) is 1. The van der Waals surface area contributed by atoms with Crippen LogP contribution in [0.5, 0.6) is 0 Å². The molecule has 1 aromatic carbocycles. The van der Waals surface area contributed by atoms with Gasteiger partial charge in [-0.1, -0.05) is 82.2 Å². The van der Waals surface area contributed by atoms with Crippen molar-refractivity contribution in [1.82, 2.24) is 4.98 Å². The van der Waals surface area contributed by atoms with Crippen LogP contribution in [-0.4, -0.2) is 30.4 Å². The predicted molar refractivity (Wildman–Crippen MR) is 178 cm³/mol. The highest BCUT2D eigenvalue weighted by Crippen LogP contribution is 2.61. The van der Waals surface area contributed by atoms with E-state index in [2.05, 4.69) is 70.3 Å². The third-order valence-electron chi connectivity index (χ3n) is 11.3. The van der Waals surface area contributed by atoms with Crippen LogP contribution in [0.25, 0.3) is 0 Å². The van der Waals surface area contributed by atoms with Crippen LogP contribution < -0.4 is 0 Å². The van der Waals surface area contributed by atoms with Crippen LogP contribution in [-0.2, 0) is 32.1 Å².